The van der Waals surface area contributed by atoms with Crippen LogP contribution in [0.1, 0.15) is 19.8 Å². The highest BCUT2D eigenvalue weighted by atomic mass is 16.6. The molecule has 2 heterocycles. The van der Waals surface area contributed by atoms with Gasteiger partial charge in [0.25, 0.3) is 0 Å². The van der Waals surface area contributed by atoms with E-state index in [1.807, 2.05) is 0 Å². The van der Waals surface area contributed by atoms with Crippen molar-refractivity contribution < 1.29 is 4.74 Å². The number of likely N-dealkylation sites (tertiary alicyclic amines) is 1. The van der Waals surface area contributed by atoms with E-state index in [1.165, 1.54) is 32.5 Å². The second-order valence-electron chi connectivity index (χ2n) is 3.94. The number of nitrogens with zero attached hydrogens (tertiary/aromatic N) is 1. The Labute approximate surface area is 68.5 Å². The van der Waals surface area contributed by atoms with E-state index in [0.29, 0.717) is 6.10 Å². The van der Waals surface area contributed by atoms with Crippen molar-refractivity contribution in [2.45, 2.75) is 25.9 Å². The molecule has 64 valence electrons. The van der Waals surface area contributed by atoms with Crippen LogP contribution in [-0.4, -0.2) is 37.2 Å². The summed E-state index contributed by atoms with van der Waals surface area (Å²) >= 11 is 0. The molecule has 2 heteroatoms. The molecule has 1 unspecified atom stereocenters. The van der Waals surface area contributed by atoms with Crippen molar-refractivity contribution in [1.82, 2.24) is 4.90 Å². The van der Waals surface area contributed by atoms with Gasteiger partial charge in [-0.1, -0.05) is 6.92 Å². The minimum absolute atomic E-state index is 0.586. The molecule has 2 fully saturated rings. The first-order valence-electron chi connectivity index (χ1n) is 4.68. The van der Waals surface area contributed by atoms with Crippen LogP contribution in [0.4, 0.5) is 0 Å². The lowest BCUT2D eigenvalue weighted by Gasteiger charge is -2.29. The lowest BCUT2D eigenvalue weighted by molar-refractivity contribution is 0.177. The number of epoxide rings is 1. The fraction of sp³-hybridized carbons (Fsp3) is 1.00. The summed E-state index contributed by atoms with van der Waals surface area (Å²) in [5.41, 5.74) is 0. The van der Waals surface area contributed by atoms with Crippen molar-refractivity contribution in [1.29, 1.82) is 0 Å². The molecule has 2 aliphatic rings. The van der Waals surface area contributed by atoms with Crippen molar-refractivity contribution >= 4 is 0 Å². The summed E-state index contributed by atoms with van der Waals surface area (Å²) in [7, 11) is 0. The van der Waals surface area contributed by atoms with Gasteiger partial charge in [-0.15, -0.1) is 0 Å². The molecular weight excluding hydrogens is 138 g/mol. The predicted molar refractivity (Wildman–Crippen MR) is 44.6 cm³/mol. The molecule has 0 radical (unpaired) electrons. The van der Waals surface area contributed by atoms with Gasteiger partial charge in [0.1, 0.15) is 0 Å². The average Bonchev–Trinajstić information content (AvgIpc) is 2.78. The Hall–Kier alpha value is -0.0800. The predicted octanol–water partition coefficient (Wildman–Crippen LogP) is 1.12. The van der Waals surface area contributed by atoms with Crippen molar-refractivity contribution in [3.05, 3.63) is 0 Å². The van der Waals surface area contributed by atoms with Gasteiger partial charge in [0.15, 0.2) is 0 Å². The molecule has 0 aromatic carbocycles. The van der Waals surface area contributed by atoms with Gasteiger partial charge in [0.05, 0.1) is 12.7 Å². The van der Waals surface area contributed by atoms with Crippen molar-refractivity contribution in [2.75, 3.05) is 26.2 Å². The number of hydrogen-bond donors (Lipinski definition) is 0. The molecule has 2 saturated heterocycles. The first-order valence-corrected chi connectivity index (χ1v) is 4.68. The van der Waals surface area contributed by atoms with Crippen LogP contribution in [0.25, 0.3) is 0 Å². The maximum absolute atomic E-state index is 5.20. The Balaban J connectivity index is 1.69. The van der Waals surface area contributed by atoms with Gasteiger partial charge in [0, 0.05) is 6.54 Å². The van der Waals surface area contributed by atoms with Gasteiger partial charge < -0.3 is 9.64 Å². The molecule has 2 nitrogen and oxygen atoms in total. The molecule has 0 N–H and O–H groups in total. The van der Waals surface area contributed by atoms with Gasteiger partial charge >= 0.3 is 0 Å². The molecule has 0 aliphatic carbocycles. The van der Waals surface area contributed by atoms with Crippen LogP contribution in [0.2, 0.25) is 0 Å². The van der Waals surface area contributed by atoms with Crippen LogP contribution >= 0.6 is 0 Å². The normalized spacial score (nSPS) is 34.1. The van der Waals surface area contributed by atoms with Crippen LogP contribution in [-0.2, 0) is 4.74 Å². The van der Waals surface area contributed by atoms with E-state index in [2.05, 4.69) is 11.8 Å². The van der Waals surface area contributed by atoms with Gasteiger partial charge in [-0.05, 0) is 31.8 Å². The molecule has 0 bridgehead atoms. The quantitative estimate of drug-likeness (QED) is 0.555. The maximum Gasteiger partial charge on any atom is 0.0936 e. The highest BCUT2D eigenvalue weighted by molar-refractivity contribution is 4.77. The number of piperidine rings is 1. The summed E-state index contributed by atoms with van der Waals surface area (Å²) in [6, 6.07) is 0. The Morgan fingerprint density at radius 1 is 1.36 bits per heavy atom. The van der Waals surface area contributed by atoms with E-state index < -0.39 is 0 Å². The molecule has 11 heavy (non-hydrogen) atoms. The van der Waals surface area contributed by atoms with Crippen LogP contribution in [0.3, 0.4) is 0 Å². The molecule has 0 amide bonds. The maximum atomic E-state index is 5.20. The third kappa shape index (κ3) is 2.17. The molecule has 1 atom stereocenters. The van der Waals surface area contributed by atoms with Gasteiger partial charge in [-0.2, -0.15) is 0 Å². The summed E-state index contributed by atoms with van der Waals surface area (Å²) in [6.45, 7) is 7.13. The zero-order valence-corrected chi connectivity index (χ0v) is 7.25. The Kier molecular flexibility index (Phi) is 2.14. The topological polar surface area (TPSA) is 15.8 Å². The molecule has 2 aliphatic heterocycles. The van der Waals surface area contributed by atoms with Gasteiger partial charge in [-0.25, -0.2) is 0 Å². The molecule has 0 saturated carbocycles. The molecular formula is C9H17NO. The fourth-order valence-electron chi connectivity index (χ4n) is 1.71. The monoisotopic (exact) mass is 155 g/mol. The van der Waals surface area contributed by atoms with Gasteiger partial charge in [-0.3, -0.25) is 0 Å². The second-order valence-corrected chi connectivity index (χ2v) is 3.94. The van der Waals surface area contributed by atoms with E-state index >= 15 is 0 Å². The lowest BCUT2D eigenvalue weighted by atomic mass is 9.99. The van der Waals surface area contributed by atoms with E-state index in [0.717, 1.165) is 12.5 Å². The summed E-state index contributed by atoms with van der Waals surface area (Å²) in [5.74, 6) is 0.950. The van der Waals surface area contributed by atoms with Crippen molar-refractivity contribution in [3.8, 4) is 0 Å². The van der Waals surface area contributed by atoms with Crippen LogP contribution in [0.5, 0.6) is 0 Å². The third-order valence-corrected chi connectivity index (χ3v) is 2.74. The lowest BCUT2D eigenvalue weighted by Crippen LogP contribution is -2.35. The molecule has 2 rings (SSSR count). The summed E-state index contributed by atoms with van der Waals surface area (Å²) in [5, 5.41) is 0. The molecule has 0 spiro atoms. The summed E-state index contributed by atoms with van der Waals surface area (Å²) < 4.78 is 5.20. The number of ether oxygens (including phenoxy) is 1. The van der Waals surface area contributed by atoms with E-state index in [1.54, 1.807) is 0 Å². The van der Waals surface area contributed by atoms with E-state index in [9.17, 15) is 0 Å². The molecule has 0 aromatic rings. The van der Waals surface area contributed by atoms with E-state index in [4.69, 9.17) is 4.74 Å². The number of hydrogen-bond acceptors (Lipinski definition) is 2. The summed E-state index contributed by atoms with van der Waals surface area (Å²) in [6.07, 6.45) is 3.35. The first kappa shape index (κ1) is 7.56. The minimum atomic E-state index is 0.586. The zero-order chi connectivity index (χ0) is 7.68. The minimum Gasteiger partial charge on any atom is -0.372 e. The van der Waals surface area contributed by atoms with Crippen molar-refractivity contribution in [3.63, 3.8) is 0 Å². The SMILES string of the molecule is CC1CCN(CC2CO2)CC1. The second kappa shape index (κ2) is 3.11. The fourth-order valence-corrected chi connectivity index (χ4v) is 1.71. The zero-order valence-electron chi connectivity index (χ0n) is 7.25. The van der Waals surface area contributed by atoms with Gasteiger partial charge in [0.2, 0.25) is 0 Å². The van der Waals surface area contributed by atoms with Crippen LogP contribution in [0.15, 0.2) is 0 Å². The first-order chi connectivity index (χ1) is 5.34. The third-order valence-electron chi connectivity index (χ3n) is 2.74. The highest BCUT2D eigenvalue weighted by Gasteiger charge is 2.26. The Morgan fingerprint density at radius 2 is 2.00 bits per heavy atom. The van der Waals surface area contributed by atoms with Crippen LogP contribution in [0, 0.1) is 5.92 Å². The molecule has 0 aromatic heterocycles. The number of rotatable bonds is 2. The Bertz CT molecular complexity index is 126. The van der Waals surface area contributed by atoms with Crippen LogP contribution < -0.4 is 0 Å². The summed E-state index contributed by atoms with van der Waals surface area (Å²) in [4.78, 5) is 2.54. The standard InChI is InChI=1S/C9H17NO/c1-8-2-4-10(5-3-8)6-9-7-11-9/h8-9H,2-7H2,1H3. The van der Waals surface area contributed by atoms with E-state index in [-0.39, 0.29) is 0 Å². The largest absolute Gasteiger partial charge is 0.372 e. The highest BCUT2D eigenvalue weighted by Crippen LogP contribution is 2.18. The average molecular weight is 155 g/mol. The smallest absolute Gasteiger partial charge is 0.0936 e. The Morgan fingerprint density at radius 3 is 2.55 bits per heavy atom. The van der Waals surface area contributed by atoms with Crippen molar-refractivity contribution in [2.24, 2.45) is 5.92 Å².